The van der Waals surface area contributed by atoms with Crippen LogP contribution in [0.2, 0.25) is 0 Å². The van der Waals surface area contributed by atoms with Gasteiger partial charge in [0.05, 0.1) is 0 Å². The van der Waals surface area contributed by atoms with Crippen LogP contribution in [0.4, 0.5) is 8.78 Å². The van der Waals surface area contributed by atoms with Crippen LogP contribution in [-0.4, -0.2) is 53.3 Å². The van der Waals surface area contributed by atoms with Crippen molar-refractivity contribution in [2.24, 2.45) is 0 Å². The molecule has 0 aliphatic carbocycles. The standard InChI is InChI=1S/C28H28F2N2O3/c1-19-16-32(20(2)15-31(19)17-21-3-9-24(29)10-4-21)27(33)18-35-26-13-7-23(8-14-26)28(34)22-5-11-25(30)12-6-22/h3-14,19-20H,15-18H2,1-2H3/t19-,20+/m1/s1. The van der Waals surface area contributed by atoms with Gasteiger partial charge in [0.2, 0.25) is 0 Å². The lowest BCUT2D eigenvalue weighted by Gasteiger charge is -2.44. The number of piperazine rings is 1. The summed E-state index contributed by atoms with van der Waals surface area (Å²) in [6.07, 6.45) is 0. The van der Waals surface area contributed by atoms with Crippen LogP contribution in [0.25, 0.3) is 0 Å². The summed E-state index contributed by atoms with van der Waals surface area (Å²) in [7, 11) is 0. The van der Waals surface area contributed by atoms with Crippen LogP contribution < -0.4 is 4.74 Å². The highest BCUT2D eigenvalue weighted by Crippen LogP contribution is 2.20. The van der Waals surface area contributed by atoms with Crippen LogP contribution >= 0.6 is 0 Å². The molecule has 1 amide bonds. The molecule has 7 heteroatoms. The number of halogens is 2. The minimum atomic E-state index is -0.395. The molecule has 3 aromatic carbocycles. The van der Waals surface area contributed by atoms with Crippen LogP contribution in [0.1, 0.15) is 35.3 Å². The Morgan fingerprint density at radius 1 is 0.800 bits per heavy atom. The van der Waals surface area contributed by atoms with E-state index in [1.165, 1.54) is 36.4 Å². The molecule has 0 spiro atoms. The van der Waals surface area contributed by atoms with E-state index < -0.39 is 5.82 Å². The number of ketones is 1. The zero-order chi connectivity index (χ0) is 24.9. The minimum absolute atomic E-state index is 0.0125. The molecule has 1 saturated heterocycles. The molecule has 0 saturated carbocycles. The van der Waals surface area contributed by atoms with Crippen LogP contribution in [0.15, 0.2) is 72.8 Å². The van der Waals surface area contributed by atoms with Crippen LogP contribution in [0.5, 0.6) is 5.75 Å². The predicted molar refractivity (Wildman–Crippen MR) is 129 cm³/mol. The fourth-order valence-electron chi connectivity index (χ4n) is 4.29. The third-order valence-corrected chi connectivity index (χ3v) is 6.32. The molecule has 0 bridgehead atoms. The van der Waals surface area contributed by atoms with E-state index in [2.05, 4.69) is 11.8 Å². The Labute approximate surface area is 203 Å². The van der Waals surface area contributed by atoms with E-state index in [9.17, 15) is 18.4 Å². The van der Waals surface area contributed by atoms with Crippen molar-refractivity contribution < 1.29 is 23.1 Å². The first-order valence-electron chi connectivity index (χ1n) is 11.6. The second-order valence-corrected chi connectivity index (χ2v) is 8.95. The molecule has 4 rings (SSSR count). The average molecular weight is 479 g/mol. The molecule has 0 N–H and O–H groups in total. The minimum Gasteiger partial charge on any atom is -0.484 e. The lowest BCUT2D eigenvalue weighted by atomic mass is 10.0. The summed E-state index contributed by atoms with van der Waals surface area (Å²) in [5, 5.41) is 0. The largest absolute Gasteiger partial charge is 0.484 e. The molecule has 1 aliphatic heterocycles. The summed E-state index contributed by atoms with van der Waals surface area (Å²) in [5.41, 5.74) is 1.89. The normalized spacial score (nSPS) is 18.3. The van der Waals surface area contributed by atoms with Crippen LogP contribution in [0.3, 0.4) is 0 Å². The summed E-state index contributed by atoms with van der Waals surface area (Å²) < 4.78 is 32.0. The van der Waals surface area contributed by atoms with Crippen LogP contribution in [-0.2, 0) is 11.3 Å². The van der Waals surface area contributed by atoms with Crippen molar-refractivity contribution in [3.05, 3.63) is 101 Å². The Bertz CT molecular complexity index is 1160. The van der Waals surface area contributed by atoms with Gasteiger partial charge in [-0.15, -0.1) is 0 Å². The van der Waals surface area contributed by atoms with Crippen molar-refractivity contribution in [1.82, 2.24) is 9.80 Å². The van der Waals surface area contributed by atoms with Crippen LogP contribution in [0, 0.1) is 11.6 Å². The molecule has 0 unspecified atom stereocenters. The Hall–Kier alpha value is -3.58. The number of rotatable bonds is 7. The van der Waals surface area contributed by atoms with Gasteiger partial charge in [0.15, 0.2) is 12.4 Å². The zero-order valence-corrected chi connectivity index (χ0v) is 19.8. The van der Waals surface area contributed by atoms with Gasteiger partial charge in [-0.3, -0.25) is 14.5 Å². The molecular formula is C28H28F2N2O3. The zero-order valence-electron chi connectivity index (χ0n) is 19.8. The summed E-state index contributed by atoms with van der Waals surface area (Å²) in [5.74, 6) is -0.469. The number of carbonyl (C=O) groups excluding carboxylic acids is 2. The highest BCUT2D eigenvalue weighted by atomic mass is 19.1. The maximum Gasteiger partial charge on any atom is 0.260 e. The monoisotopic (exact) mass is 478 g/mol. The number of amides is 1. The smallest absolute Gasteiger partial charge is 0.260 e. The number of benzene rings is 3. The molecule has 2 atom stereocenters. The maximum atomic E-state index is 13.2. The second-order valence-electron chi connectivity index (χ2n) is 8.95. The second kappa shape index (κ2) is 10.8. The van der Waals surface area contributed by atoms with Crippen molar-refractivity contribution >= 4 is 11.7 Å². The van der Waals surface area contributed by atoms with E-state index in [4.69, 9.17) is 4.74 Å². The van der Waals surface area contributed by atoms with Gasteiger partial charge in [-0.05, 0) is 80.1 Å². The highest BCUT2D eigenvalue weighted by Gasteiger charge is 2.32. The maximum absolute atomic E-state index is 13.2. The summed E-state index contributed by atoms with van der Waals surface area (Å²) in [4.78, 5) is 29.5. The molecule has 35 heavy (non-hydrogen) atoms. The molecule has 1 fully saturated rings. The fourth-order valence-corrected chi connectivity index (χ4v) is 4.29. The van der Waals surface area contributed by atoms with Gasteiger partial charge in [0, 0.05) is 42.8 Å². The lowest BCUT2D eigenvalue weighted by Crippen LogP contribution is -2.58. The molecule has 182 valence electrons. The SMILES string of the molecule is C[C@@H]1CN(C(=O)COc2ccc(C(=O)c3ccc(F)cc3)cc2)[C@@H](C)CN1Cc1ccc(F)cc1. The molecule has 1 aliphatic rings. The highest BCUT2D eigenvalue weighted by molar-refractivity contribution is 6.09. The average Bonchev–Trinajstić information content (AvgIpc) is 2.86. The van der Waals surface area contributed by atoms with E-state index in [-0.39, 0.29) is 36.2 Å². The Kier molecular flexibility index (Phi) is 7.56. The van der Waals surface area contributed by atoms with Gasteiger partial charge in [-0.1, -0.05) is 12.1 Å². The summed E-state index contributed by atoms with van der Waals surface area (Å²) in [6, 6.07) is 18.6. The molecular weight excluding hydrogens is 450 g/mol. The fraction of sp³-hybridized carbons (Fsp3) is 0.286. The van der Waals surface area contributed by atoms with Gasteiger partial charge < -0.3 is 9.64 Å². The number of carbonyl (C=O) groups is 2. The summed E-state index contributed by atoms with van der Waals surface area (Å²) >= 11 is 0. The first kappa shape index (κ1) is 24.5. The Balaban J connectivity index is 1.30. The van der Waals surface area contributed by atoms with Gasteiger partial charge in [0.25, 0.3) is 5.91 Å². The van der Waals surface area contributed by atoms with E-state index in [1.54, 1.807) is 36.4 Å². The van der Waals surface area contributed by atoms with Crippen molar-refractivity contribution in [1.29, 1.82) is 0 Å². The Morgan fingerprint density at radius 3 is 1.94 bits per heavy atom. The molecule has 3 aromatic rings. The third-order valence-electron chi connectivity index (χ3n) is 6.32. The first-order valence-corrected chi connectivity index (χ1v) is 11.6. The van der Waals surface area contributed by atoms with Crippen molar-refractivity contribution in [2.75, 3.05) is 19.7 Å². The van der Waals surface area contributed by atoms with Crippen molar-refractivity contribution in [3.63, 3.8) is 0 Å². The number of ether oxygens (including phenoxy) is 1. The third kappa shape index (κ3) is 6.11. The van der Waals surface area contributed by atoms with Gasteiger partial charge in [-0.25, -0.2) is 8.78 Å². The van der Waals surface area contributed by atoms with Gasteiger partial charge in [-0.2, -0.15) is 0 Å². The molecule has 5 nitrogen and oxygen atoms in total. The molecule has 0 radical (unpaired) electrons. The van der Waals surface area contributed by atoms with Gasteiger partial charge >= 0.3 is 0 Å². The van der Waals surface area contributed by atoms with E-state index in [1.807, 2.05) is 11.8 Å². The first-order chi connectivity index (χ1) is 16.8. The number of nitrogens with zero attached hydrogens (tertiary/aromatic N) is 2. The lowest BCUT2D eigenvalue weighted by molar-refractivity contribution is -0.139. The van der Waals surface area contributed by atoms with Crippen molar-refractivity contribution in [2.45, 2.75) is 32.5 Å². The number of hydrogen-bond donors (Lipinski definition) is 0. The molecule has 0 aromatic heterocycles. The summed E-state index contributed by atoms with van der Waals surface area (Å²) in [6.45, 7) is 5.98. The van der Waals surface area contributed by atoms with Crippen molar-refractivity contribution in [3.8, 4) is 5.75 Å². The van der Waals surface area contributed by atoms with E-state index >= 15 is 0 Å². The topological polar surface area (TPSA) is 49.9 Å². The Morgan fingerprint density at radius 2 is 1.34 bits per heavy atom. The van der Waals surface area contributed by atoms with E-state index in [0.29, 0.717) is 36.5 Å². The van der Waals surface area contributed by atoms with E-state index in [0.717, 1.165) is 5.56 Å². The quantitative estimate of drug-likeness (QED) is 0.462. The van der Waals surface area contributed by atoms with Gasteiger partial charge in [0.1, 0.15) is 17.4 Å². The predicted octanol–water partition coefficient (Wildman–Crippen LogP) is 4.70. The number of hydrogen-bond acceptors (Lipinski definition) is 4. The molecule has 1 heterocycles.